The maximum atomic E-state index is 12.7. The van der Waals surface area contributed by atoms with Crippen LogP contribution < -0.4 is 0 Å². The van der Waals surface area contributed by atoms with Gasteiger partial charge in [-0.15, -0.1) is 0 Å². The van der Waals surface area contributed by atoms with Gasteiger partial charge in [0.05, 0.1) is 0 Å². The molecule has 168 valence electrons. The van der Waals surface area contributed by atoms with Gasteiger partial charge < -0.3 is 14.1 Å². The summed E-state index contributed by atoms with van der Waals surface area (Å²) in [5, 5.41) is 1.86. The first-order chi connectivity index (χ1) is 15.7. The molecule has 5 nitrogen and oxygen atoms in total. The second-order valence-electron chi connectivity index (χ2n) is 8.49. The van der Waals surface area contributed by atoms with E-state index in [0.717, 1.165) is 91.2 Å². The number of thioether (sulfide) groups is 1. The Labute approximate surface area is 197 Å². The molecular formula is C25H27ClN2O3S. The Kier molecular flexibility index (Phi) is 6.72. The molecule has 0 bridgehead atoms. The van der Waals surface area contributed by atoms with Crippen molar-refractivity contribution in [1.82, 2.24) is 9.88 Å². The molecule has 2 aliphatic heterocycles. The first kappa shape index (κ1) is 21.8. The molecule has 7 heteroatoms. The van der Waals surface area contributed by atoms with Crippen molar-refractivity contribution >= 4 is 29.3 Å². The zero-order valence-electron chi connectivity index (χ0n) is 18.0. The minimum Gasteiger partial charge on any atom is -0.433 e. The van der Waals surface area contributed by atoms with E-state index in [4.69, 9.17) is 25.7 Å². The fraction of sp³-hybridized carbons (Fsp3) is 0.440. The van der Waals surface area contributed by atoms with Crippen LogP contribution in [0.4, 0.5) is 0 Å². The van der Waals surface area contributed by atoms with Crippen molar-refractivity contribution in [3.63, 3.8) is 0 Å². The third-order valence-corrected chi connectivity index (χ3v) is 7.68. The molecule has 0 radical (unpaired) electrons. The van der Waals surface area contributed by atoms with E-state index in [9.17, 15) is 4.79 Å². The molecule has 1 aliphatic carbocycles. The number of benzene rings is 1. The predicted molar refractivity (Wildman–Crippen MR) is 127 cm³/mol. The summed E-state index contributed by atoms with van der Waals surface area (Å²) in [6.45, 7) is 3.19. The number of oxazole rings is 1. The largest absolute Gasteiger partial charge is 0.433 e. The molecule has 3 aliphatic rings. The van der Waals surface area contributed by atoms with E-state index in [2.05, 4.69) is 6.08 Å². The highest BCUT2D eigenvalue weighted by Gasteiger charge is 2.26. The number of amides is 1. The third kappa shape index (κ3) is 4.82. The van der Waals surface area contributed by atoms with E-state index >= 15 is 0 Å². The molecular weight excluding hydrogens is 444 g/mol. The van der Waals surface area contributed by atoms with Crippen LogP contribution in [0.3, 0.4) is 0 Å². The summed E-state index contributed by atoms with van der Waals surface area (Å²) >= 11 is 7.77. The van der Waals surface area contributed by atoms with E-state index < -0.39 is 0 Å². The molecule has 3 heterocycles. The summed E-state index contributed by atoms with van der Waals surface area (Å²) in [4.78, 5) is 19.6. The Balaban J connectivity index is 1.41. The third-order valence-electron chi connectivity index (χ3n) is 6.26. The number of hydrogen-bond acceptors (Lipinski definition) is 5. The maximum Gasteiger partial charge on any atom is 0.253 e. The molecule has 0 N–H and O–H groups in total. The minimum atomic E-state index is 0.114. The molecule has 1 aromatic carbocycles. The number of allylic oxidation sites excluding steroid dienone is 3. The van der Waals surface area contributed by atoms with Gasteiger partial charge in [-0.1, -0.05) is 47.6 Å². The Morgan fingerprint density at radius 3 is 2.56 bits per heavy atom. The second-order valence-corrected chi connectivity index (χ2v) is 10.1. The summed E-state index contributed by atoms with van der Waals surface area (Å²) in [7, 11) is 0. The molecule has 0 spiro atoms. The zero-order chi connectivity index (χ0) is 21.9. The lowest BCUT2D eigenvalue weighted by atomic mass is 10.0. The molecule has 1 unspecified atom stereocenters. The summed E-state index contributed by atoms with van der Waals surface area (Å²) in [5.74, 6) is 1.18. The number of carbonyl (C=O) groups is 1. The van der Waals surface area contributed by atoms with Crippen molar-refractivity contribution in [2.75, 3.05) is 26.3 Å². The highest BCUT2D eigenvalue weighted by atomic mass is 35.5. The lowest BCUT2D eigenvalue weighted by molar-refractivity contribution is 0.0785. The topological polar surface area (TPSA) is 55.6 Å². The number of likely N-dealkylation sites (tertiary alicyclic amines) is 1. The highest BCUT2D eigenvalue weighted by Crippen LogP contribution is 2.40. The number of rotatable bonds is 5. The van der Waals surface area contributed by atoms with Crippen LogP contribution in [-0.4, -0.2) is 47.3 Å². The quantitative estimate of drug-likeness (QED) is 0.535. The lowest BCUT2D eigenvalue weighted by Crippen LogP contribution is -2.27. The molecule has 1 amide bonds. The molecule has 1 atom stereocenters. The van der Waals surface area contributed by atoms with Crippen LogP contribution in [-0.2, 0) is 4.74 Å². The fourth-order valence-electron chi connectivity index (χ4n) is 4.38. The van der Waals surface area contributed by atoms with Gasteiger partial charge in [0, 0.05) is 53.6 Å². The SMILES string of the molecule is O=C(c1ccc(-c2nc(C3CCOCC3)oc2SC2C=CC(Cl)=CC2)cc1)N1CCCC1. The zero-order valence-corrected chi connectivity index (χ0v) is 19.5. The van der Waals surface area contributed by atoms with Crippen molar-refractivity contribution in [2.45, 2.75) is 48.4 Å². The highest BCUT2D eigenvalue weighted by molar-refractivity contribution is 8.00. The van der Waals surface area contributed by atoms with Gasteiger partial charge >= 0.3 is 0 Å². The number of aromatic nitrogens is 1. The Morgan fingerprint density at radius 2 is 1.88 bits per heavy atom. The molecule has 2 aromatic rings. The number of ether oxygens (including phenoxy) is 1. The van der Waals surface area contributed by atoms with Gasteiger partial charge in [-0.05, 0) is 50.3 Å². The molecule has 2 saturated heterocycles. The first-order valence-corrected chi connectivity index (χ1v) is 12.6. The lowest BCUT2D eigenvalue weighted by Gasteiger charge is -2.18. The van der Waals surface area contributed by atoms with Gasteiger partial charge in [0.25, 0.3) is 5.91 Å². The molecule has 32 heavy (non-hydrogen) atoms. The van der Waals surface area contributed by atoms with Crippen LogP contribution in [0.1, 0.15) is 54.3 Å². The molecule has 5 rings (SSSR count). The van der Waals surface area contributed by atoms with E-state index in [1.54, 1.807) is 11.8 Å². The summed E-state index contributed by atoms with van der Waals surface area (Å²) in [6.07, 6.45) is 11.0. The average molecular weight is 471 g/mol. The number of halogens is 1. The number of carbonyl (C=O) groups excluding carboxylic acids is 1. The average Bonchev–Trinajstić information content (AvgIpc) is 3.52. The predicted octanol–water partition coefficient (Wildman–Crippen LogP) is 6.01. The van der Waals surface area contributed by atoms with Gasteiger partial charge in [0.15, 0.2) is 11.0 Å². The van der Waals surface area contributed by atoms with Crippen LogP contribution in [0.2, 0.25) is 0 Å². The van der Waals surface area contributed by atoms with Gasteiger partial charge in [0.1, 0.15) is 5.69 Å². The van der Waals surface area contributed by atoms with Gasteiger partial charge in [-0.3, -0.25) is 4.79 Å². The second kappa shape index (κ2) is 9.86. The van der Waals surface area contributed by atoms with Crippen LogP contribution in [0.25, 0.3) is 11.3 Å². The van der Waals surface area contributed by atoms with Crippen molar-refractivity contribution in [3.8, 4) is 11.3 Å². The van der Waals surface area contributed by atoms with Crippen LogP contribution in [0.5, 0.6) is 0 Å². The minimum absolute atomic E-state index is 0.114. The summed E-state index contributed by atoms with van der Waals surface area (Å²) in [6, 6.07) is 7.81. The van der Waals surface area contributed by atoms with Gasteiger partial charge in [-0.25, -0.2) is 4.98 Å². The van der Waals surface area contributed by atoms with E-state index in [1.807, 2.05) is 41.3 Å². The molecule has 1 aromatic heterocycles. The normalized spacial score (nSPS) is 21.7. The van der Waals surface area contributed by atoms with Crippen molar-refractivity contribution < 1.29 is 13.9 Å². The van der Waals surface area contributed by atoms with Crippen LogP contribution in [0, 0.1) is 0 Å². The van der Waals surface area contributed by atoms with Crippen molar-refractivity contribution in [3.05, 3.63) is 59.0 Å². The number of nitrogens with zero attached hydrogens (tertiary/aromatic N) is 2. The van der Waals surface area contributed by atoms with Gasteiger partial charge in [0.2, 0.25) is 0 Å². The van der Waals surface area contributed by atoms with E-state index in [0.29, 0.717) is 0 Å². The van der Waals surface area contributed by atoms with E-state index in [-0.39, 0.29) is 17.1 Å². The van der Waals surface area contributed by atoms with Crippen LogP contribution in [0.15, 0.2) is 57.0 Å². The summed E-state index contributed by atoms with van der Waals surface area (Å²) < 4.78 is 11.8. The standard InChI is InChI=1S/C25H27ClN2O3S/c26-20-7-9-21(10-8-20)32-25-22(27-23(31-25)18-11-15-30-16-12-18)17-3-5-19(6-4-17)24(29)28-13-1-2-14-28/h3-9,18,21H,1-2,10-16H2. The summed E-state index contributed by atoms with van der Waals surface area (Å²) in [5.41, 5.74) is 2.56. The van der Waals surface area contributed by atoms with Crippen molar-refractivity contribution in [2.24, 2.45) is 0 Å². The number of hydrogen-bond donors (Lipinski definition) is 0. The molecule has 0 saturated carbocycles. The Hall–Kier alpha value is -2.02. The van der Waals surface area contributed by atoms with E-state index in [1.165, 1.54) is 0 Å². The smallest absolute Gasteiger partial charge is 0.253 e. The monoisotopic (exact) mass is 470 g/mol. The molecule has 2 fully saturated rings. The maximum absolute atomic E-state index is 12.7. The fourth-order valence-corrected chi connectivity index (χ4v) is 5.57. The first-order valence-electron chi connectivity index (χ1n) is 11.4. The Morgan fingerprint density at radius 1 is 1.12 bits per heavy atom. The van der Waals surface area contributed by atoms with Crippen molar-refractivity contribution in [1.29, 1.82) is 0 Å². The Bertz CT molecular complexity index is 1020. The van der Waals surface area contributed by atoms with Crippen LogP contribution >= 0.6 is 23.4 Å². The van der Waals surface area contributed by atoms with Gasteiger partial charge in [-0.2, -0.15) is 0 Å².